The van der Waals surface area contributed by atoms with E-state index in [-0.39, 0.29) is 12.5 Å². The first-order chi connectivity index (χ1) is 17.0. The van der Waals surface area contributed by atoms with Gasteiger partial charge in [0, 0.05) is 12.8 Å². The van der Waals surface area contributed by atoms with E-state index in [9.17, 15) is 24.6 Å². The Kier molecular flexibility index (Phi) is 8.44. The van der Waals surface area contributed by atoms with Gasteiger partial charge in [-0.2, -0.15) is 0 Å². The summed E-state index contributed by atoms with van der Waals surface area (Å²) in [4.78, 5) is 38.1. The summed E-state index contributed by atoms with van der Waals surface area (Å²) in [6.07, 6.45) is 3.00. The molecule has 6 atom stereocenters. The Bertz CT molecular complexity index is 1030. The van der Waals surface area contributed by atoms with E-state index in [1.807, 2.05) is 6.92 Å². The van der Waals surface area contributed by atoms with Crippen molar-refractivity contribution >= 4 is 17.9 Å². The molecular formula is C29H38O7. The molecule has 0 heterocycles. The number of hydrogen-bond acceptors (Lipinski definition) is 6. The van der Waals surface area contributed by atoms with Crippen LogP contribution in [0.1, 0.15) is 70.2 Å². The molecule has 7 nitrogen and oxygen atoms in total. The standard InChI is InChI=1S/C29H38O7/c1-18(14-17-30)12-13-22-19(2)23(35-20(3)31)24(36-26(32)21-10-7-6-8-11-21)25-28(22,4)15-9-16-29(25,5)27(33)34/h6-8,10-11,14,22-25,30H,2,9,12-13,15-17H2,1,3-5H3,(H,33,34)/b18-14+/t22-,23+,24-,25-,28-,29+/m1/s1. The fourth-order valence-electron chi connectivity index (χ4n) is 6.61. The van der Waals surface area contributed by atoms with E-state index in [0.717, 1.165) is 12.0 Å². The van der Waals surface area contributed by atoms with Gasteiger partial charge in [0.15, 0.2) is 6.10 Å². The van der Waals surface area contributed by atoms with Crippen LogP contribution in [-0.2, 0) is 19.1 Å². The van der Waals surface area contributed by atoms with Crippen molar-refractivity contribution in [3.05, 3.63) is 59.7 Å². The second-order valence-corrected chi connectivity index (χ2v) is 10.7. The fraction of sp³-hybridized carbons (Fsp3) is 0.552. The van der Waals surface area contributed by atoms with Gasteiger partial charge in [-0.25, -0.2) is 4.79 Å². The zero-order chi connectivity index (χ0) is 26.7. The van der Waals surface area contributed by atoms with Crippen LogP contribution >= 0.6 is 0 Å². The van der Waals surface area contributed by atoms with E-state index >= 15 is 0 Å². The molecule has 36 heavy (non-hydrogen) atoms. The molecule has 0 amide bonds. The summed E-state index contributed by atoms with van der Waals surface area (Å²) in [5.74, 6) is -2.87. The third kappa shape index (κ3) is 5.26. The number of benzene rings is 1. The van der Waals surface area contributed by atoms with Crippen LogP contribution in [0.5, 0.6) is 0 Å². The minimum atomic E-state index is -1.19. The summed E-state index contributed by atoms with van der Waals surface area (Å²) in [5, 5.41) is 19.7. The number of carboxylic acids is 1. The Hall–Kier alpha value is -2.93. The summed E-state index contributed by atoms with van der Waals surface area (Å²) in [6.45, 7) is 11.3. The lowest BCUT2D eigenvalue weighted by Gasteiger charge is -2.60. The molecule has 1 aromatic carbocycles. The molecule has 3 rings (SSSR count). The monoisotopic (exact) mass is 498 g/mol. The van der Waals surface area contributed by atoms with Crippen LogP contribution in [0.25, 0.3) is 0 Å². The summed E-state index contributed by atoms with van der Waals surface area (Å²) < 4.78 is 11.8. The number of aliphatic hydroxyl groups excluding tert-OH is 1. The second kappa shape index (κ2) is 11.0. The number of carbonyl (C=O) groups is 3. The number of carbonyl (C=O) groups excluding carboxylic acids is 2. The van der Waals surface area contributed by atoms with Crippen LogP contribution in [0.4, 0.5) is 0 Å². The van der Waals surface area contributed by atoms with E-state index in [1.54, 1.807) is 43.3 Å². The number of esters is 2. The lowest BCUT2D eigenvalue weighted by molar-refractivity contribution is -0.197. The number of rotatable bonds is 8. The molecule has 0 aliphatic heterocycles. The maximum atomic E-state index is 13.2. The van der Waals surface area contributed by atoms with Gasteiger partial charge >= 0.3 is 17.9 Å². The zero-order valence-electron chi connectivity index (χ0n) is 21.7. The third-order valence-electron chi connectivity index (χ3n) is 8.35. The minimum absolute atomic E-state index is 0.0536. The third-order valence-corrected chi connectivity index (χ3v) is 8.35. The number of aliphatic hydroxyl groups is 1. The van der Waals surface area contributed by atoms with E-state index in [0.29, 0.717) is 36.8 Å². The molecule has 196 valence electrons. The average Bonchev–Trinajstić information content (AvgIpc) is 2.81. The Morgan fingerprint density at radius 3 is 2.36 bits per heavy atom. The largest absolute Gasteiger partial charge is 0.481 e. The number of carboxylic acid groups (broad SMARTS) is 1. The van der Waals surface area contributed by atoms with Crippen LogP contribution in [0.2, 0.25) is 0 Å². The number of hydrogen-bond donors (Lipinski definition) is 2. The highest BCUT2D eigenvalue weighted by Crippen LogP contribution is 2.63. The number of allylic oxidation sites excluding steroid dienone is 1. The van der Waals surface area contributed by atoms with Crippen molar-refractivity contribution in [2.75, 3.05) is 6.61 Å². The lowest BCUT2D eigenvalue weighted by atomic mass is 9.45. The summed E-state index contributed by atoms with van der Waals surface area (Å²) in [5.41, 5.74) is 0.249. The molecule has 0 spiro atoms. The minimum Gasteiger partial charge on any atom is -0.481 e. The molecule has 7 heteroatoms. The van der Waals surface area contributed by atoms with E-state index < -0.39 is 46.9 Å². The SMILES string of the molecule is C=C1[C@@H](CC/C(C)=C/CO)[C@@]2(C)CCC[C@](C)(C(=O)O)[C@@H]2[C@H](OC(=O)c2ccccc2)[C@H]1OC(C)=O. The van der Waals surface area contributed by atoms with Gasteiger partial charge in [-0.1, -0.05) is 49.8 Å². The molecule has 2 saturated carbocycles. The van der Waals surface area contributed by atoms with Gasteiger partial charge in [-0.05, 0) is 68.6 Å². The Balaban J connectivity index is 2.12. The summed E-state index contributed by atoms with van der Waals surface area (Å²) in [6, 6.07) is 8.51. The molecule has 2 N–H and O–H groups in total. The normalized spacial score (nSPS) is 32.4. The molecule has 0 unspecified atom stereocenters. The highest BCUT2D eigenvalue weighted by atomic mass is 16.6. The molecule has 0 saturated heterocycles. The Labute approximate surface area is 213 Å². The number of ether oxygens (including phenoxy) is 2. The van der Waals surface area contributed by atoms with Crippen molar-refractivity contribution in [2.24, 2.45) is 22.7 Å². The smallest absolute Gasteiger partial charge is 0.338 e. The van der Waals surface area contributed by atoms with Gasteiger partial charge in [0.1, 0.15) is 6.10 Å². The first-order valence-electron chi connectivity index (χ1n) is 12.6. The number of aliphatic carboxylic acids is 1. The molecular weight excluding hydrogens is 460 g/mol. The fourth-order valence-corrected chi connectivity index (χ4v) is 6.61. The van der Waals surface area contributed by atoms with E-state index in [4.69, 9.17) is 9.47 Å². The first kappa shape index (κ1) is 27.7. The highest BCUT2D eigenvalue weighted by Gasteiger charge is 2.65. The van der Waals surface area contributed by atoms with Gasteiger partial charge in [-0.15, -0.1) is 0 Å². The van der Waals surface area contributed by atoms with Gasteiger partial charge in [0.2, 0.25) is 0 Å². The van der Waals surface area contributed by atoms with Crippen molar-refractivity contribution in [3.8, 4) is 0 Å². The molecule has 0 bridgehead atoms. The van der Waals surface area contributed by atoms with Crippen molar-refractivity contribution in [1.29, 1.82) is 0 Å². The average molecular weight is 499 g/mol. The van der Waals surface area contributed by atoms with Crippen molar-refractivity contribution < 1.29 is 34.1 Å². The second-order valence-electron chi connectivity index (χ2n) is 10.7. The summed E-state index contributed by atoms with van der Waals surface area (Å²) >= 11 is 0. The van der Waals surface area contributed by atoms with E-state index in [1.165, 1.54) is 6.92 Å². The highest BCUT2D eigenvalue weighted by molar-refractivity contribution is 5.89. The van der Waals surface area contributed by atoms with Crippen LogP contribution in [0.15, 0.2) is 54.1 Å². The van der Waals surface area contributed by atoms with Crippen LogP contribution in [0.3, 0.4) is 0 Å². The number of fused-ring (bicyclic) bond motifs is 1. The van der Waals surface area contributed by atoms with Crippen molar-refractivity contribution in [3.63, 3.8) is 0 Å². The van der Waals surface area contributed by atoms with Crippen molar-refractivity contribution in [1.82, 2.24) is 0 Å². The quantitative estimate of drug-likeness (QED) is 0.386. The molecule has 1 aromatic rings. The van der Waals surface area contributed by atoms with E-state index in [2.05, 4.69) is 13.5 Å². The van der Waals surface area contributed by atoms with Crippen LogP contribution < -0.4 is 0 Å². The summed E-state index contributed by atoms with van der Waals surface area (Å²) in [7, 11) is 0. The predicted molar refractivity (Wildman–Crippen MR) is 135 cm³/mol. The molecule has 0 radical (unpaired) electrons. The molecule has 2 aliphatic rings. The first-order valence-corrected chi connectivity index (χ1v) is 12.6. The maximum absolute atomic E-state index is 13.2. The van der Waals surface area contributed by atoms with Crippen molar-refractivity contribution in [2.45, 2.75) is 72.0 Å². The van der Waals surface area contributed by atoms with Gasteiger partial charge in [0.05, 0.1) is 17.6 Å². The van der Waals surface area contributed by atoms with Gasteiger partial charge in [-0.3, -0.25) is 9.59 Å². The zero-order valence-corrected chi connectivity index (χ0v) is 21.7. The predicted octanol–water partition coefficient (Wildman–Crippen LogP) is 4.95. The molecule has 2 fully saturated rings. The van der Waals surface area contributed by atoms with Crippen LogP contribution in [-0.4, -0.2) is 46.9 Å². The van der Waals surface area contributed by atoms with Gasteiger partial charge in [0.25, 0.3) is 0 Å². The van der Waals surface area contributed by atoms with Crippen LogP contribution in [0, 0.1) is 22.7 Å². The maximum Gasteiger partial charge on any atom is 0.338 e. The molecule has 2 aliphatic carbocycles. The molecule has 0 aromatic heterocycles. The topological polar surface area (TPSA) is 110 Å². The van der Waals surface area contributed by atoms with Gasteiger partial charge < -0.3 is 19.7 Å². The Morgan fingerprint density at radius 2 is 1.78 bits per heavy atom. The lowest BCUT2D eigenvalue weighted by Crippen LogP contribution is -2.64. The Morgan fingerprint density at radius 1 is 1.11 bits per heavy atom.